The van der Waals surface area contributed by atoms with Crippen LogP contribution in [0.25, 0.3) is 11.3 Å². The van der Waals surface area contributed by atoms with Gasteiger partial charge in [0.2, 0.25) is 5.91 Å². The van der Waals surface area contributed by atoms with Gasteiger partial charge in [0.1, 0.15) is 23.1 Å². The van der Waals surface area contributed by atoms with Crippen molar-refractivity contribution in [1.29, 1.82) is 0 Å². The van der Waals surface area contributed by atoms with Gasteiger partial charge in [-0.15, -0.1) is 0 Å². The number of halogens is 1. The fraction of sp³-hybridized carbons (Fsp3) is 0.292. The van der Waals surface area contributed by atoms with E-state index in [4.69, 9.17) is 9.15 Å². The summed E-state index contributed by atoms with van der Waals surface area (Å²) in [4.78, 5) is 14.7. The van der Waals surface area contributed by atoms with Crippen molar-refractivity contribution in [3.05, 3.63) is 77.8 Å². The van der Waals surface area contributed by atoms with Crippen LogP contribution in [0.1, 0.15) is 30.6 Å². The van der Waals surface area contributed by atoms with E-state index in [9.17, 15) is 9.18 Å². The van der Waals surface area contributed by atoms with Gasteiger partial charge in [-0.25, -0.2) is 4.39 Å². The van der Waals surface area contributed by atoms with Crippen molar-refractivity contribution < 1.29 is 18.3 Å². The number of nitrogens with zero attached hydrogens (tertiary/aromatic N) is 1. The van der Waals surface area contributed by atoms with Crippen molar-refractivity contribution in [2.24, 2.45) is 0 Å². The third-order valence-electron chi connectivity index (χ3n) is 5.20. The van der Waals surface area contributed by atoms with Gasteiger partial charge in [0.25, 0.3) is 0 Å². The van der Waals surface area contributed by atoms with Crippen LogP contribution in [0.4, 0.5) is 4.39 Å². The number of amides is 1. The maximum Gasteiger partial charge on any atom is 0.223 e. The van der Waals surface area contributed by atoms with Gasteiger partial charge in [0.15, 0.2) is 0 Å². The Balaban J connectivity index is 1.36. The van der Waals surface area contributed by atoms with Crippen LogP contribution < -0.4 is 4.74 Å². The molecule has 3 aromatic rings. The van der Waals surface area contributed by atoms with Gasteiger partial charge in [0, 0.05) is 31.0 Å². The molecule has 1 saturated carbocycles. The molecule has 5 heteroatoms. The molecule has 1 fully saturated rings. The summed E-state index contributed by atoms with van der Waals surface area (Å²) < 4.78 is 24.2. The quantitative estimate of drug-likeness (QED) is 0.527. The first kappa shape index (κ1) is 19.2. The van der Waals surface area contributed by atoms with Crippen LogP contribution in [0, 0.1) is 5.82 Å². The molecule has 0 spiro atoms. The Morgan fingerprint density at radius 1 is 1.07 bits per heavy atom. The first-order valence-corrected chi connectivity index (χ1v) is 9.89. The summed E-state index contributed by atoms with van der Waals surface area (Å²) in [6.45, 7) is 0.527. The Morgan fingerprint density at radius 2 is 1.79 bits per heavy atom. The van der Waals surface area contributed by atoms with E-state index in [0.717, 1.165) is 41.2 Å². The van der Waals surface area contributed by atoms with Crippen LogP contribution in [0.5, 0.6) is 5.75 Å². The molecule has 2 aromatic carbocycles. The zero-order chi connectivity index (χ0) is 20.2. The van der Waals surface area contributed by atoms with Crippen molar-refractivity contribution in [3.8, 4) is 17.1 Å². The molecule has 0 unspecified atom stereocenters. The highest BCUT2D eigenvalue weighted by Gasteiger charge is 2.32. The zero-order valence-electron chi connectivity index (χ0n) is 16.4. The lowest BCUT2D eigenvalue weighted by atomic mass is 10.1. The second kappa shape index (κ2) is 8.52. The number of hydrogen-bond donors (Lipinski definition) is 0. The van der Waals surface area contributed by atoms with Crippen molar-refractivity contribution in [3.63, 3.8) is 0 Å². The topological polar surface area (TPSA) is 42.7 Å². The predicted molar refractivity (Wildman–Crippen MR) is 109 cm³/mol. The number of carbonyl (C=O) groups is 1. The molecule has 1 heterocycles. The van der Waals surface area contributed by atoms with Crippen molar-refractivity contribution in [1.82, 2.24) is 4.90 Å². The molecular formula is C24H24FNO3. The molecule has 1 aromatic heterocycles. The predicted octanol–water partition coefficient (Wildman–Crippen LogP) is 5.22. The second-order valence-corrected chi connectivity index (χ2v) is 7.37. The SMILES string of the molecule is COc1ccc(-c2ccc(CCC(=O)N(Cc3ccc(F)cc3)C3CC3)o2)cc1. The molecule has 29 heavy (non-hydrogen) atoms. The lowest BCUT2D eigenvalue weighted by Gasteiger charge is -2.22. The number of rotatable bonds is 8. The molecule has 0 aliphatic heterocycles. The van der Waals surface area contributed by atoms with Crippen LogP contribution >= 0.6 is 0 Å². The number of aryl methyl sites for hydroxylation is 1. The molecule has 0 radical (unpaired) electrons. The van der Waals surface area contributed by atoms with E-state index in [1.54, 1.807) is 19.2 Å². The van der Waals surface area contributed by atoms with Crippen molar-refractivity contribution in [2.45, 2.75) is 38.3 Å². The summed E-state index contributed by atoms with van der Waals surface area (Å²) in [6.07, 6.45) is 3.03. The molecule has 0 N–H and O–H groups in total. The van der Waals surface area contributed by atoms with Gasteiger partial charge in [-0.2, -0.15) is 0 Å². The highest BCUT2D eigenvalue weighted by atomic mass is 19.1. The molecule has 1 aliphatic carbocycles. The van der Waals surface area contributed by atoms with Crippen molar-refractivity contribution >= 4 is 5.91 Å². The molecule has 0 atom stereocenters. The number of methoxy groups -OCH3 is 1. The van der Waals surface area contributed by atoms with E-state index in [-0.39, 0.29) is 11.7 Å². The van der Waals surface area contributed by atoms with Gasteiger partial charge < -0.3 is 14.1 Å². The average molecular weight is 393 g/mol. The minimum Gasteiger partial charge on any atom is -0.497 e. The molecule has 0 saturated heterocycles. The largest absolute Gasteiger partial charge is 0.497 e. The van der Waals surface area contributed by atoms with E-state index < -0.39 is 0 Å². The molecular weight excluding hydrogens is 369 g/mol. The Labute approximate surface area is 169 Å². The summed E-state index contributed by atoms with van der Waals surface area (Å²) in [5, 5.41) is 0. The Kier molecular flexibility index (Phi) is 5.65. The standard InChI is InChI=1S/C24H24FNO3/c1-28-21-10-4-18(5-11-21)23-14-12-22(29-23)13-15-24(27)26(20-8-9-20)16-17-2-6-19(25)7-3-17/h2-7,10-12,14,20H,8-9,13,15-16H2,1H3. The van der Waals surface area contributed by atoms with Gasteiger partial charge in [-0.3, -0.25) is 4.79 Å². The Hall–Kier alpha value is -3.08. The van der Waals surface area contributed by atoms with Gasteiger partial charge in [-0.05, 0) is 66.9 Å². The van der Waals surface area contributed by atoms with Crippen molar-refractivity contribution in [2.75, 3.05) is 7.11 Å². The minimum atomic E-state index is -0.261. The lowest BCUT2D eigenvalue weighted by Crippen LogP contribution is -2.32. The number of hydrogen-bond acceptors (Lipinski definition) is 3. The van der Waals surface area contributed by atoms with Gasteiger partial charge in [0.05, 0.1) is 7.11 Å². The minimum absolute atomic E-state index is 0.110. The molecule has 0 bridgehead atoms. The highest BCUT2D eigenvalue weighted by Crippen LogP contribution is 2.30. The first-order chi connectivity index (χ1) is 14.1. The number of carbonyl (C=O) groups excluding carboxylic acids is 1. The summed E-state index contributed by atoms with van der Waals surface area (Å²) in [5.74, 6) is 2.22. The Morgan fingerprint density at radius 3 is 2.45 bits per heavy atom. The van der Waals surface area contributed by atoms with Crippen LogP contribution in [0.2, 0.25) is 0 Å². The summed E-state index contributed by atoms with van der Waals surface area (Å²) in [6, 6.07) is 18.2. The number of furan rings is 1. The number of ether oxygens (including phenoxy) is 1. The lowest BCUT2D eigenvalue weighted by molar-refractivity contribution is -0.132. The van der Waals surface area contributed by atoms with E-state index in [1.165, 1.54) is 12.1 Å². The summed E-state index contributed by atoms with van der Waals surface area (Å²) >= 11 is 0. The van der Waals surface area contributed by atoms with Gasteiger partial charge >= 0.3 is 0 Å². The van der Waals surface area contributed by atoms with E-state index in [1.807, 2.05) is 41.3 Å². The molecule has 4 rings (SSSR count). The molecule has 4 nitrogen and oxygen atoms in total. The summed E-state index contributed by atoms with van der Waals surface area (Å²) in [7, 11) is 1.64. The fourth-order valence-corrected chi connectivity index (χ4v) is 3.39. The zero-order valence-corrected chi connectivity index (χ0v) is 16.4. The fourth-order valence-electron chi connectivity index (χ4n) is 3.39. The third kappa shape index (κ3) is 4.86. The molecule has 1 aliphatic rings. The van der Waals surface area contributed by atoms with Crippen LogP contribution in [-0.2, 0) is 17.8 Å². The summed E-state index contributed by atoms with van der Waals surface area (Å²) in [5.41, 5.74) is 1.92. The normalized spacial score (nSPS) is 13.3. The molecule has 1 amide bonds. The third-order valence-corrected chi connectivity index (χ3v) is 5.20. The van der Waals surface area contributed by atoms with Crippen LogP contribution in [0.3, 0.4) is 0 Å². The first-order valence-electron chi connectivity index (χ1n) is 9.89. The van der Waals surface area contributed by atoms with E-state index in [0.29, 0.717) is 25.4 Å². The van der Waals surface area contributed by atoms with Gasteiger partial charge in [-0.1, -0.05) is 12.1 Å². The molecule has 150 valence electrons. The maximum absolute atomic E-state index is 13.1. The maximum atomic E-state index is 13.1. The number of benzene rings is 2. The van der Waals surface area contributed by atoms with E-state index in [2.05, 4.69) is 0 Å². The smallest absolute Gasteiger partial charge is 0.223 e. The van der Waals surface area contributed by atoms with Crippen LogP contribution in [0.15, 0.2) is 65.1 Å². The monoisotopic (exact) mass is 393 g/mol. The Bertz CT molecular complexity index is 959. The van der Waals surface area contributed by atoms with Crippen LogP contribution in [-0.4, -0.2) is 24.0 Å². The average Bonchev–Trinajstić information content (AvgIpc) is 3.48. The highest BCUT2D eigenvalue weighted by molar-refractivity contribution is 5.77. The second-order valence-electron chi connectivity index (χ2n) is 7.37. The van der Waals surface area contributed by atoms with E-state index >= 15 is 0 Å².